The molecule has 1 aromatic carbocycles. The van der Waals surface area contributed by atoms with E-state index < -0.39 is 29.2 Å². The van der Waals surface area contributed by atoms with Gasteiger partial charge in [-0.2, -0.15) is 13.2 Å². The average Bonchev–Trinajstić information content (AvgIpc) is 2.27. The average molecular weight is 260 g/mol. The van der Waals surface area contributed by atoms with E-state index in [2.05, 4.69) is 5.92 Å². The Bertz CT molecular complexity index is 445. The summed E-state index contributed by atoms with van der Waals surface area (Å²) in [6.07, 6.45) is -0.178. The summed E-state index contributed by atoms with van der Waals surface area (Å²) < 4.78 is 51.0. The molecule has 0 spiro atoms. The molecule has 0 heterocycles. The van der Waals surface area contributed by atoms with Crippen LogP contribution in [0.15, 0.2) is 18.2 Å². The van der Waals surface area contributed by atoms with E-state index >= 15 is 0 Å². The molecule has 1 N–H and O–H groups in total. The Labute approximate surface area is 102 Å². The van der Waals surface area contributed by atoms with Crippen molar-refractivity contribution < 1.29 is 22.7 Å². The van der Waals surface area contributed by atoms with Crippen LogP contribution >= 0.6 is 0 Å². The van der Waals surface area contributed by atoms with Gasteiger partial charge in [0.1, 0.15) is 5.82 Å². The van der Waals surface area contributed by atoms with Gasteiger partial charge in [-0.15, -0.1) is 12.3 Å². The van der Waals surface area contributed by atoms with Gasteiger partial charge in [0, 0.05) is 6.42 Å². The number of unbranched alkanes of at least 4 members (excludes halogenated alkanes) is 1. The number of rotatable bonds is 4. The monoisotopic (exact) mass is 260 g/mol. The maximum absolute atomic E-state index is 13.0. The number of alkyl halides is 3. The summed E-state index contributed by atoms with van der Waals surface area (Å²) in [5.41, 5.74) is -1.46. The third kappa shape index (κ3) is 3.74. The largest absolute Gasteiger partial charge is 0.416 e. The van der Waals surface area contributed by atoms with Crippen molar-refractivity contribution in [2.24, 2.45) is 0 Å². The molecule has 0 aliphatic rings. The van der Waals surface area contributed by atoms with Crippen LogP contribution in [0.4, 0.5) is 17.6 Å². The summed E-state index contributed by atoms with van der Waals surface area (Å²) in [4.78, 5) is 0. The van der Waals surface area contributed by atoms with Gasteiger partial charge in [0.05, 0.1) is 11.7 Å². The lowest BCUT2D eigenvalue weighted by Gasteiger charge is -2.17. The minimum Gasteiger partial charge on any atom is -0.388 e. The smallest absolute Gasteiger partial charge is 0.388 e. The molecule has 0 amide bonds. The van der Waals surface area contributed by atoms with Crippen LogP contribution in [0.2, 0.25) is 0 Å². The number of halogens is 4. The zero-order valence-electron chi connectivity index (χ0n) is 9.47. The van der Waals surface area contributed by atoms with E-state index in [9.17, 15) is 22.7 Å². The van der Waals surface area contributed by atoms with Gasteiger partial charge >= 0.3 is 6.18 Å². The summed E-state index contributed by atoms with van der Waals surface area (Å²) in [6, 6.07) is 2.07. The summed E-state index contributed by atoms with van der Waals surface area (Å²) in [5, 5.41) is 9.68. The number of hydrogen-bond acceptors (Lipinski definition) is 1. The highest BCUT2D eigenvalue weighted by Crippen LogP contribution is 2.36. The molecule has 1 unspecified atom stereocenters. The molecular weight excluding hydrogens is 248 g/mol. The van der Waals surface area contributed by atoms with E-state index in [0.29, 0.717) is 25.0 Å². The van der Waals surface area contributed by atoms with E-state index in [1.54, 1.807) is 0 Å². The lowest BCUT2D eigenvalue weighted by Crippen LogP contribution is -2.12. The second kappa shape index (κ2) is 5.87. The highest BCUT2D eigenvalue weighted by Gasteiger charge is 2.35. The number of benzene rings is 1. The SMILES string of the molecule is C#CCCCC(O)c1cc(F)ccc1C(F)(F)F. The van der Waals surface area contributed by atoms with E-state index in [1.807, 2.05) is 0 Å². The van der Waals surface area contributed by atoms with Crippen molar-refractivity contribution in [1.29, 1.82) is 0 Å². The van der Waals surface area contributed by atoms with Crippen LogP contribution in [0.25, 0.3) is 0 Å². The van der Waals surface area contributed by atoms with Crippen LogP contribution in [0, 0.1) is 18.2 Å². The molecule has 0 aliphatic carbocycles. The van der Waals surface area contributed by atoms with E-state index in [-0.39, 0.29) is 6.42 Å². The Morgan fingerprint density at radius 3 is 2.56 bits per heavy atom. The molecular formula is C13H12F4O. The fourth-order valence-electron chi connectivity index (χ4n) is 1.62. The van der Waals surface area contributed by atoms with Gasteiger partial charge in [-0.1, -0.05) is 0 Å². The van der Waals surface area contributed by atoms with Gasteiger partial charge in [-0.3, -0.25) is 0 Å². The molecule has 0 saturated heterocycles. The zero-order valence-corrected chi connectivity index (χ0v) is 9.47. The second-order valence-electron chi connectivity index (χ2n) is 3.84. The predicted octanol–water partition coefficient (Wildman–Crippen LogP) is 3.68. The summed E-state index contributed by atoms with van der Waals surface area (Å²) in [6.45, 7) is 0. The normalized spacial score (nSPS) is 13.1. The van der Waals surface area contributed by atoms with Gasteiger partial charge in [0.2, 0.25) is 0 Å². The molecule has 98 valence electrons. The van der Waals surface area contributed by atoms with Crippen molar-refractivity contribution in [3.8, 4) is 12.3 Å². The van der Waals surface area contributed by atoms with Crippen LogP contribution in [0.3, 0.4) is 0 Å². The Morgan fingerprint density at radius 2 is 2.00 bits per heavy atom. The molecule has 0 bridgehead atoms. The van der Waals surface area contributed by atoms with Gasteiger partial charge in [0.25, 0.3) is 0 Å². The first-order valence-corrected chi connectivity index (χ1v) is 5.34. The van der Waals surface area contributed by atoms with E-state index in [1.165, 1.54) is 0 Å². The van der Waals surface area contributed by atoms with Crippen LogP contribution in [0.1, 0.15) is 36.5 Å². The molecule has 0 saturated carbocycles. The number of aliphatic hydroxyl groups is 1. The van der Waals surface area contributed by atoms with Crippen LogP contribution < -0.4 is 0 Å². The molecule has 1 nitrogen and oxygen atoms in total. The summed E-state index contributed by atoms with van der Waals surface area (Å²) >= 11 is 0. The number of hydrogen-bond donors (Lipinski definition) is 1. The molecule has 0 fully saturated rings. The van der Waals surface area contributed by atoms with Gasteiger partial charge in [0.15, 0.2) is 0 Å². The molecule has 1 atom stereocenters. The highest BCUT2D eigenvalue weighted by molar-refractivity contribution is 5.32. The van der Waals surface area contributed by atoms with Crippen molar-refractivity contribution in [3.05, 3.63) is 35.1 Å². The first-order valence-electron chi connectivity index (χ1n) is 5.34. The van der Waals surface area contributed by atoms with Crippen molar-refractivity contribution in [2.75, 3.05) is 0 Å². The topological polar surface area (TPSA) is 20.2 Å². The lowest BCUT2D eigenvalue weighted by molar-refractivity contribution is -0.139. The fourth-order valence-corrected chi connectivity index (χ4v) is 1.62. The van der Waals surface area contributed by atoms with Gasteiger partial charge in [-0.25, -0.2) is 4.39 Å². The van der Waals surface area contributed by atoms with Crippen LogP contribution in [-0.2, 0) is 6.18 Å². The first-order chi connectivity index (χ1) is 8.36. The molecule has 0 aromatic heterocycles. The Balaban J connectivity index is 2.99. The van der Waals surface area contributed by atoms with E-state index in [0.717, 1.165) is 6.07 Å². The Kier molecular flexibility index (Phi) is 4.74. The third-order valence-electron chi connectivity index (χ3n) is 2.48. The van der Waals surface area contributed by atoms with Crippen molar-refractivity contribution in [1.82, 2.24) is 0 Å². The van der Waals surface area contributed by atoms with Crippen molar-refractivity contribution >= 4 is 0 Å². The fraction of sp³-hybridized carbons (Fsp3) is 0.385. The molecule has 0 aliphatic heterocycles. The summed E-state index contributed by atoms with van der Waals surface area (Å²) in [7, 11) is 0. The molecule has 1 rings (SSSR count). The van der Waals surface area contributed by atoms with Crippen LogP contribution in [0.5, 0.6) is 0 Å². The molecule has 0 radical (unpaired) electrons. The Morgan fingerprint density at radius 1 is 1.33 bits per heavy atom. The standard InChI is InChI=1S/C13H12F4O/c1-2-3-4-5-12(18)10-8-9(14)6-7-11(10)13(15,16)17/h1,6-8,12,18H,3-5H2. The van der Waals surface area contributed by atoms with Gasteiger partial charge < -0.3 is 5.11 Å². The van der Waals surface area contributed by atoms with Gasteiger partial charge in [-0.05, 0) is 36.6 Å². The number of aliphatic hydroxyl groups excluding tert-OH is 1. The maximum Gasteiger partial charge on any atom is 0.416 e. The lowest BCUT2D eigenvalue weighted by atomic mass is 9.98. The Hall–Kier alpha value is -1.54. The predicted molar refractivity (Wildman–Crippen MR) is 59.0 cm³/mol. The maximum atomic E-state index is 13.0. The second-order valence-corrected chi connectivity index (χ2v) is 3.84. The summed E-state index contributed by atoms with van der Waals surface area (Å²) in [5.74, 6) is 1.51. The zero-order chi connectivity index (χ0) is 13.8. The van der Waals surface area contributed by atoms with Crippen molar-refractivity contribution in [2.45, 2.75) is 31.5 Å². The van der Waals surface area contributed by atoms with Crippen molar-refractivity contribution in [3.63, 3.8) is 0 Å². The first kappa shape index (κ1) is 14.5. The quantitative estimate of drug-likeness (QED) is 0.497. The minimum atomic E-state index is -4.61. The number of terminal acetylenes is 1. The molecule has 18 heavy (non-hydrogen) atoms. The highest BCUT2D eigenvalue weighted by atomic mass is 19.4. The molecule has 5 heteroatoms. The third-order valence-corrected chi connectivity index (χ3v) is 2.48. The molecule has 1 aromatic rings. The minimum absolute atomic E-state index is 0.0662. The van der Waals surface area contributed by atoms with E-state index in [4.69, 9.17) is 6.42 Å². The van der Waals surface area contributed by atoms with Crippen LogP contribution in [-0.4, -0.2) is 5.11 Å².